The molecule has 5 rings (SSSR count). The minimum atomic E-state index is -7.19. The number of ether oxygens (including phenoxy) is 1. The average Bonchev–Trinajstić information content (AvgIpc) is 3.38. The van der Waals surface area contributed by atoms with Gasteiger partial charge < -0.3 is 10.5 Å². The summed E-state index contributed by atoms with van der Waals surface area (Å²) < 4.78 is 181. The zero-order valence-electron chi connectivity index (χ0n) is 28.3. The molecule has 0 saturated carbocycles. The highest BCUT2D eigenvalue weighted by atomic mass is 35.5. The lowest BCUT2D eigenvalue weighted by atomic mass is 10.0. The first-order valence-electron chi connectivity index (χ1n) is 15.2. The molecule has 0 radical (unpaired) electrons. The first-order valence-corrected chi connectivity index (χ1v) is 17.5. The lowest BCUT2D eigenvalue weighted by Gasteiger charge is -2.33. The predicted octanol–water partition coefficient (Wildman–Crippen LogP) is 6.00. The van der Waals surface area contributed by atoms with E-state index >= 15 is 0 Å². The molecule has 12 nitrogen and oxygen atoms in total. The second-order valence-corrected chi connectivity index (χ2v) is 14.4. The highest BCUT2D eigenvalue weighted by molar-refractivity contribution is 7.92. The molecule has 1 atom stereocenters. The molecule has 5 aromatic rings. The topological polar surface area (TPSA) is 155 Å². The summed E-state index contributed by atoms with van der Waals surface area (Å²) in [6.07, 6.45) is -6.87. The Morgan fingerprint density at radius 2 is 1.57 bits per heavy atom. The number of benzene rings is 2. The fourth-order valence-corrected chi connectivity index (χ4v) is 6.71. The Balaban J connectivity index is 1.72. The maximum atomic E-state index is 14.3. The summed E-state index contributed by atoms with van der Waals surface area (Å²) in [6, 6.07) is 4.52. The first-order chi connectivity index (χ1) is 25.6. The van der Waals surface area contributed by atoms with Gasteiger partial charge in [-0.05, 0) is 42.3 Å². The molecular weight excluding hydrogens is 827 g/mol. The summed E-state index contributed by atoms with van der Waals surface area (Å²) in [5.41, 5.74) is 4.15. The number of nitrogens with two attached hydrogens (primary N) is 1. The highest BCUT2D eigenvalue weighted by Crippen LogP contribution is 2.53. The molecule has 2 N–H and O–H groups in total. The third-order valence-electron chi connectivity index (χ3n) is 8.00. The normalized spacial score (nSPS) is 13.7. The number of rotatable bonds is 11. The maximum absolute atomic E-state index is 14.3. The molecule has 0 aliphatic carbocycles. The standard InChI is InChI=1S/C31H23ClF11N7O5S/c1-13(51)50(56(3,53)54)26-22-18(32)5-6-20(23(22)48(2)47-26)49-25(19(44)10-14-8-15(33)11-16(34)9-14)46-24-17(27(49)52)4-7-21(45-24)55-12-28(35,36)29(37,38)30(39,40)31(41,42)43/h4-9,11,19H,10,12,44H2,1-3H3/t19-/m0/s1. The number of hydrogen-bond donors (Lipinski definition) is 1. The van der Waals surface area contributed by atoms with Crippen molar-refractivity contribution in [3.8, 4) is 11.6 Å². The number of sulfonamides is 1. The molecule has 0 fully saturated rings. The number of halogens is 12. The number of amides is 1. The van der Waals surface area contributed by atoms with E-state index in [1.54, 1.807) is 0 Å². The van der Waals surface area contributed by atoms with Gasteiger partial charge in [0.1, 0.15) is 17.5 Å². The first kappa shape index (κ1) is 42.1. The van der Waals surface area contributed by atoms with Gasteiger partial charge >= 0.3 is 23.9 Å². The van der Waals surface area contributed by atoms with Crippen LogP contribution in [-0.4, -0.2) is 75.4 Å². The van der Waals surface area contributed by atoms with Crippen LogP contribution in [0.1, 0.15) is 24.4 Å². The van der Waals surface area contributed by atoms with Crippen molar-refractivity contribution in [2.45, 2.75) is 43.3 Å². The third kappa shape index (κ3) is 7.31. The fraction of sp³-hybridized carbons (Fsp3) is 0.323. The smallest absolute Gasteiger partial charge is 0.460 e. The van der Waals surface area contributed by atoms with E-state index in [0.717, 1.165) is 34.4 Å². The minimum Gasteiger partial charge on any atom is -0.471 e. The molecule has 0 aliphatic rings. The maximum Gasteiger partial charge on any atom is 0.460 e. The molecule has 0 bridgehead atoms. The number of carbonyl (C=O) groups is 1. The van der Waals surface area contributed by atoms with Crippen molar-refractivity contribution in [1.29, 1.82) is 0 Å². The van der Waals surface area contributed by atoms with E-state index in [0.29, 0.717) is 22.7 Å². The van der Waals surface area contributed by atoms with Crippen molar-refractivity contribution in [1.82, 2.24) is 24.3 Å². The fourth-order valence-electron chi connectivity index (χ4n) is 5.57. The largest absolute Gasteiger partial charge is 0.471 e. The number of carbonyl (C=O) groups excluding carboxylic acids is 1. The van der Waals surface area contributed by atoms with Crippen LogP contribution in [0.5, 0.6) is 5.88 Å². The van der Waals surface area contributed by atoms with E-state index in [4.69, 9.17) is 17.3 Å². The molecular formula is C31H23ClF11N7O5S. The number of aromatic nitrogens is 5. The molecule has 0 unspecified atom stereocenters. The van der Waals surface area contributed by atoms with Crippen LogP contribution in [0.3, 0.4) is 0 Å². The van der Waals surface area contributed by atoms with Crippen molar-refractivity contribution in [3.05, 3.63) is 80.9 Å². The monoisotopic (exact) mass is 849 g/mol. The lowest BCUT2D eigenvalue weighted by Crippen LogP contribution is -2.62. The van der Waals surface area contributed by atoms with Crippen LogP contribution in [0, 0.1) is 11.6 Å². The summed E-state index contributed by atoms with van der Waals surface area (Å²) in [7, 11) is -3.07. The number of alkyl halides is 9. The van der Waals surface area contributed by atoms with Crippen molar-refractivity contribution >= 4 is 55.3 Å². The number of fused-ring (bicyclic) bond motifs is 2. The van der Waals surface area contributed by atoms with E-state index in [1.165, 1.54) is 19.2 Å². The van der Waals surface area contributed by atoms with Gasteiger partial charge in [0.25, 0.3) is 5.56 Å². The molecule has 25 heteroatoms. The Kier molecular flexibility index (Phi) is 10.6. The number of anilines is 1. The van der Waals surface area contributed by atoms with Crippen molar-refractivity contribution in [3.63, 3.8) is 0 Å². The van der Waals surface area contributed by atoms with Gasteiger partial charge in [0, 0.05) is 26.1 Å². The summed E-state index contributed by atoms with van der Waals surface area (Å²) in [5, 5.41) is 3.24. The summed E-state index contributed by atoms with van der Waals surface area (Å²) in [5.74, 6) is -25.6. The Hall–Kier alpha value is -5.10. The Morgan fingerprint density at radius 1 is 0.964 bits per heavy atom. The van der Waals surface area contributed by atoms with Gasteiger partial charge in [-0.15, -0.1) is 0 Å². The van der Waals surface area contributed by atoms with Gasteiger partial charge in [-0.1, -0.05) is 11.6 Å². The molecule has 302 valence electrons. The quantitative estimate of drug-likeness (QED) is 0.158. The molecule has 0 spiro atoms. The number of hydrogen-bond acceptors (Lipinski definition) is 9. The minimum absolute atomic E-state index is 0.0888. The van der Waals surface area contributed by atoms with Crippen LogP contribution in [0.15, 0.2) is 47.3 Å². The van der Waals surface area contributed by atoms with Gasteiger partial charge in [-0.25, -0.2) is 22.2 Å². The molecule has 56 heavy (non-hydrogen) atoms. The average molecular weight is 850 g/mol. The van der Waals surface area contributed by atoms with Crippen LogP contribution in [0.4, 0.5) is 54.1 Å². The van der Waals surface area contributed by atoms with E-state index in [1.807, 2.05) is 0 Å². The van der Waals surface area contributed by atoms with Crippen LogP contribution in [0.2, 0.25) is 5.02 Å². The molecule has 3 heterocycles. The van der Waals surface area contributed by atoms with Gasteiger partial charge in [0.05, 0.1) is 39.3 Å². The predicted molar refractivity (Wildman–Crippen MR) is 176 cm³/mol. The van der Waals surface area contributed by atoms with Crippen molar-refractivity contribution in [2.24, 2.45) is 12.8 Å². The van der Waals surface area contributed by atoms with Crippen LogP contribution in [-0.2, 0) is 28.3 Å². The van der Waals surface area contributed by atoms with Crippen LogP contribution >= 0.6 is 11.6 Å². The Bertz CT molecular complexity index is 2550. The third-order valence-corrected chi connectivity index (χ3v) is 9.41. The number of pyridine rings is 1. The van der Waals surface area contributed by atoms with E-state index in [2.05, 4.69) is 19.8 Å². The second kappa shape index (κ2) is 14.1. The van der Waals surface area contributed by atoms with Gasteiger partial charge in [0.15, 0.2) is 18.1 Å². The van der Waals surface area contributed by atoms with Gasteiger partial charge in [0.2, 0.25) is 21.8 Å². The molecule has 1 amide bonds. The Morgan fingerprint density at radius 3 is 2.12 bits per heavy atom. The Labute approximate surface area is 311 Å². The lowest BCUT2D eigenvalue weighted by molar-refractivity contribution is -0.398. The van der Waals surface area contributed by atoms with Gasteiger partial charge in [-0.3, -0.25) is 18.8 Å². The number of nitrogens with zero attached hydrogens (tertiary/aromatic N) is 6. The molecule has 0 saturated heterocycles. The van der Waals surface area contributed by atoms with Crippen molar-refractivity contribution in [2.75, 3.05) is 17.2 Å². The van der Waals surface area contributed by atoms with Crippen LogP contribution < -0.4 is 20.3 Å². The number of aryl methyl sites for hydroxylation is 1. The van der Waals surface area contributed by atoms with Crippen LogP contribution in [0.25, 0.3) is 27.6 Å². The van der Waals surface area contributed by atoms with Gasteiger partial charge in [-0.2, -0.15) is 53.9 Å². The highest BCUT2D eigenvalue weighted by Gasteiger charge is 2.82. The summed E-state index contributed by atoms with van der Waals surface area (Å²) in [4.78, 5) is 34.6. The van der Waals surface area contributed by atoms with E-state index < -0.39 is 105 Å². The molecule has 3 aromatic heterocycles. The zero-order valence-corrected chi connectivity index (χ0v) is 29.9. The SMILES string of the molecule is CC(=O)N(c1nn(C)c2c(-n3c([C@@H](N)Cc4cc(F)cc(F)c4)nc4nc(OCC(F)(F)C(F)(F)C(F)(F)C(F)(F)F)ccc4c3=O)ccc(Cl)c12)S(C)(=O)=O. The molecule has 0 aliphatic heterocycles. The zero-order chi connectivity index (χ0) is 42.1. The summed E-state index contributed by atoms with van der Waals surface area (Å²) >= 11 is 6.46. The summed E-state index contributed by atoms with van der Waals surface area (Å²) in [6.45, 7) is -1.85. The van der Waals surface area contributed by atoms with Crippen molar-refractivity contribution < 1.29 is 66.2 Å². The van der Waals surface area contributed by atoms with E-state index in [9.17, 15) is 66.3 Å². The molecule has 2 aromatic carbocycles. The van der Waals surface area contributed by atoms with E-state index in [-0.39, 0.29) is 27.2 Å². The second-order valence-electron chi connectivity index (χ2n) is 12.1.